The highest BCUT2D eigenvalue weighted by atomic mass is 19.4. The molecule has 5 nitrogen and oxygen atoms in total. The average molecular weight is 536 g/mol. The molecule has 0 saturated heterocycles. The van der Waals surface area contributed by atoms with Crippen LogP contribution in [-0.4, -0.2) is 29.7 Å². The van der Waals surface area contributed by atoms with Crippen LogP contribution in [0.3, 0.4) is 0 Å². The minimum absolute atomic E-state index is 0.145. The molecule has 0 bridgehead atoms. The summed E-state index contributed by atoms with van der Waals surface area (Å²) < 4.78 is 73.7. The Morgan fingerprint density at radius 1 is 1.11 bits per heavy atom. The Labute approximate surface area is 216 Å². The van der Waals surface area contributed by atoms with E-state index < -0.39 is 58.9 Å². The Kier molecular flexibility index (Phi) is 7.73. The third kappa shape index (κ3) is 6.12. The van der Waals surface area contributed by atoms with Crippen LogP contribution in [0.4, 0.5) is 27.6 Å². The Balaban J connectivity index is 1.45. The molecular formula is C28H26F5NO4. The second-order valence-electron chi connectivity index (χ2n) is 9.65. The summed E-state index contributed by atoms with van der Waals surface area (Å²) in [5, 5.41) is 11.6. The van der Waals surface area contributed by atoms with Crippen LogP contribution in [0.1, 0.15) is 49.3 Å². The predicted octanol–water partition coefficient (Wildman–Crippen LogP) is 6.40. The molecule has 1 saturated carbocycles. The molecule has 0 heterocycles. The number of halogens is 5. The summed E-state index contributed by atoms with van der Waals surface area (Å²) in [6.45, 7) is 3.48. The second-order valence-corrected chi connectivity index (χ2v) is 9.65. The molecular weight excluding hydrogens is 509 g/mol. The van der Waals surface area contributed by atoms with Gasteiger partial charge in [-0.25, -0.2) is 8.78 Å². The summed E-state index contributed by atoms with van der Waals surface area (Å²) in [4.78, 5) is 24.3. The number of amides is 1. The minimum atomic E-state index is -4.72. The summed E-state index contributed by atoms with van der Waals surface area (Å²) in [6.07, 6.45) is -2.61. The lowest BCUT2D eigenvalue weighted by atomic mass is 9.90. The van der Waals surface area contributed by atoms with Gasteiger partial charge in [-0.05, 0) is 73.9 Å². The number of aliphatic carboxylic acids is 1. The van der Waals surface area contributed by atoms with Crippen LogP contribution >= 0.6 is 0 Å². The number of carbonyl (C=O) groups excluding carboxylic acids is 1. The topological polar surface area (TPSA) is 75.6 Å². The van der Waals surface area contributed by atoms with Crippen molar-refractivity contribution in [2.45, 2.75) is 51.3 Å². The van der Waals surface area contributed by atoms with Crippen LogP contribution < -0.4 is 5.32 Å². The number of carboxylic acid groups (broad SMARTS) is 1. The standard InChI is InChI=1S/C28H26F5NO4/c1-14-9-19(38-8-7-16-3-5-18(29)12-23(16)30)10-15(2)25(14)26(35)34-24-11-17(20-13-21(20)27(36)37)4-6-22(24)28(31,32)33/h3-6,9,11-12,19-21H,7-8,10,13H2,1-2H3,(H,34,35)(H,36,37)/t19?,20-,21-/m1/s1. The molecule has 0 aromatic heterocycles. The second kappa shape index (κ2) is 10.7. The zero-order chi connectivity index (χ0) is 27.8. The number of benzene rings is 2. The van der Waals surface area contributed by atoms with E-state index in [9.17, 15) is 31.5 Å². The Morgan fingerprint density at radius 3 is 2.45 bits per heavy atom. The quantitative estimate of drug-likeness (QED) is 0.384. The van der Waals surface area contributed by atoms with Gasteiger partial charge in [0, 0.05) is 11.6 Å². The van der Waals surface area contributed by atoms with Gasteiger partial charge >= 0.3 is 12.1 Å². The van der Waals surface area contributed by atoms with E-state index >= 15 is 0 Å². The van der Waals surface area contributed by atoms with Gasteiger partial charge in [-0.2, -0.15) is 13.2 Å². The first kappa shape index (κ1) is 27.5. The van der Waals surface area contributed by atoms with Gasteiger partial charge in [0.15, 0.2) is 0 Å². The molecule has 0 spiro atoms. The van der Waals surface area contributed by atoms with Crippen molar-refractivity contribution in [3.63, 3.8) is 0 Å². The zero-order valence-corrected chi connectivity index (χ0v) is 20.7. The van der Waals surface area contributed by atoms with E-state index in [1.165, 1.54) is 18.2 Å². The molecule has 0 radical (unpaired) electrons. The fourth-order valence-corrected chi connectivity index (χ4v) is 4.85. The number of rotatable bonds is 8. The number of nitrogens with one attached hydrogen (secondary N) is 1. The molecule has 0 aliphatic heterocycles. The molecule has 202 valence electrons. The molecule has 2 aliphatic rings. The van der Waals surface area contributed by atoms with Crippen molar-refractivity contribution in [3.8, 4) is 0 Å². The minimum Gasteiger partial charge on any atom is -0.481 e. The summed E-state index contributed by atoms with van der Waals surface area (Å²) in [5.74, 6) is -4.11. The first-order valence-corrected chi connectivity index (χ1v) is 12.0. The normalized spacial score (nSPS) is 21.2. The van der Waals surface area contributed by atoms with Crippen molar-refractivity contribution in [3.05, 3.63) is 87.5 Å². The molecule has 1 amide bonds. The molecule has 2 N–H and O–H groups in total. The number of carbonyl (C=O) groups is 2. The summed E-state index contributed by atoms with van der Waals surface area (Å²) in [5.41, 5.74) is 0.645. The monoisotopic (exact) mass is 535 g/mol. The summed E-state index contributed by atoms with van der Waals surface area (Å²) in [6, 6.07) is 6.62. The molecule has 2 aromatic rings. The van der Waals surface area contributed by atoms with E-state index in [1.807, 2.05) is 0 Å². The third-order valence-corrected chi connectivity index (χ3v) is 6.84. The average Bonchev–Trinajstić information content (AvgIpc) is 3.61. The lowest BCUT2D eigenvalue weighted by Crippen LogP contribution is -2.24. The van der Waals surface area contributed by atoms with E-state index in [0.29, 0.717) is 35.1 Å². The van der Waals surface area contributed by atoms with Gasteiger partial charge in [0.05, 0.1) is 29.9 Å². The molecule has 2 aliphatic carbocycles. The van der Waals surface area contributed by atoms with E-state index in [2.05, 4.69) is 5.32 Å². The highest BCUT2D eigenvalue weighted by molar-refractivity contribution is 6.08. The predicted molar refractivity (Wildman–Crippen MR) is 129 cm³/mol. The van der Waals surface area contributed by atoms with Gasteiger partial charge in [-0.15, -0.1) is 0 Å². The van der Waals surface area contributed by atoms with Crippen molar-refractivity contribution in [2.75, 3.05) is 11.9 Å². The number of alkyl halides is 3. The van der Waals surface area contributed by atoms with Gasteiger partial charge in [0.25, 0.3) is 5.91 Å². The molecule has 3 atom stereocenters. The molecule has 4 rings (SSSR count). The van der Waals surface area contributed by atoms with E-state index in [-0.39, 0.29) is 18.6 Å². The van der Waals surface area contributed by atoms with E-state index in [0.717, 1.165) is 18.2 Å². The molecule has 1 unspecified atom stereocenters. The SMILES string of the molecule is CC1=CC(OCCc2ccc(F)cc2F)CC(C)=C1C(=O)Nc1cc([C@H]2C[C@H]2C(=O)O)ccc1C(F)(F)F. The number of anilines is 1. The van der Waals surface area contributed by atoms with Crippen LogP contribution in [0.5, 0.6) is 0 Å². The molecule has 2 aromatic carbocycles. The van der Waals surface area contributed by atoms with Crippen LogP contribution in [-0.2, 0) is 26.9 Å². The highest BCUT2D eigenvalue weighted by Gasteiger charge is 2.45. The van der Waals surface area contributed by atoms with Crippen LogP contribution in [0.25, 0.3) is 0 Å². The Bertz CT molecular complexity index is 1330. The van der Waals surface area contributed by atoms with Gasteiger partial charge in [-0.3, -0.25) is 9.59 Å². The van der Waals surface area contributed by atoms with Gasteiger partial charge in [0.1, 0.15) is 11.6 Å². The third-order valence-electron chi connectivity index (χ3n) is 6.84. The lowest BCUT2D eigenvalue weighted by Gasteiger charge is -2.24. The Hall–Kier alpha value is -3.53. The largest absolute Gasteiger partial charge is 0.481 e. The smallest absolute Gasteiger partial charge is 0.418 e. The van der Waals surface area contributed by atoms with Crippen molar-refractivity contribution < 1.29 is 41.4 Å². The van der Waals surface area contributed by atoms with Crippen LogP contribution in [0.2, 0.25) is 0 Å². The van der Waals surface area contributed by atoms with Gasteiger partial charge < -0.3 is 15.2 Å². The fourth-order valence-electron chi connectivity index (χ4n) is 4.85. The van der Waals surface area contributed by atoms with E-state index in [4.69, 9.17) is 9.84 Å². The summed E-state index contributed by atoms with van der Waals surface area (Å²) >= 11 is 0. The zero-order valence-electron chi connectivity index (χ0n) is 20.7. The van der Waals surface area contributed by atoms with Gasteiger partial charge in [0.2, 0.25) is 0 Å². The van der Waals surface area contributed by atoms with E-state index in [1.54, 1.807) is 19.9 Å². The lowest BCUT2D eigenvalue weighted by molar-refractivity contribution is -0.139. The van der Waals surface area contributed by atoms with Crippen LogP contribution in [0, 0.1) is 17.6 Å². The first-order chi connectivity index (χ1) is 17.8. The number of carboxylic acids is 1. The summed E-state index contributed by atoms with van der Waals surface area (Å²) in [7, 11) is 0. The number of ether oxygens (including phenoxy) is 1. The van der Waals surface area contributed by atoms with Crippen LogP contribution in [0.15, 0.2) is 59.2 Å². The first-order valence-electron chi connectivity index (χ1n) is 12.0. The molecule has 1 fully saturated rings. The maximum Gasteiger partial charge on any atom is 0.418 e. The number of hydrogen-bond donors (Lipinski definition) is 2. The fraction of sp³-hybridized carbons (Fsp3) is 0.357. The van der Waals surface area contributed by atoms with Crippen molar-refractivity contribution in [1.82, 2.24) is 0 Å². The van der Waals surface area contributed by atoms with Crippen molar-refractivity contribution in [2.24, 2.45) is 5.92 Å². The Morgan fingerprint density at radius 2 is 1.84 bits per heavy atom. The maximum atomic E-state index is 13.8. The molecule has 38 heavy (non-hydrogen) atoms. The van der Waals surface area contributed by atoms with Crippen molar-refractivity contribution >= 4 is 17.6 Å². The molecule has 10 heteroatoms. The number of hydrogen-bond acceptors (Lipinski definition) is 3. The van der Waals surface area contributed by atoms with Crippen molar-refractivity contribution in [1.29, 1.82) is 0 Å². The van der Waals surface area contributed by atoms with Gasteiger partial charge in [-0.1, -0.05) is 23.8 Å². The highest BCUT2D eigenvalue weighted by Crippen LogP contribution is 2.49. The maximum absolute atomic E-state index is 13.8.